The van der Waals surface area contributed by atoms with Crippen molar-refractivity contribution in [2.24, 2.45) is 0 Å². The average molecular weight is 1070 g/mol. The van der Waals surface area contributed by atoms with Gasteiger partial charge in [-0.05, 0) is 109 Å². The minimum absolute atomic E-state index is 1.09. The minimum atomic E-state index is 1.09. The second-order valence-corrected chi connectivity index (χ2v) is 22.4. The molecule has 0 N–H and O–H groups in total. The summed E-state index contributed by atoms with van der Waals surface area (Å²) in [4.78, 5) is 0. The molecule has 0 unspecified atom stereocenters. The van der Waals surface area contributed by atoms with Crippen molar-refractivity contribution in [3.05, 3.63) is 291 Å². The maximum atomic E-state index is 2.59. The lowest BCUT2D eigenvalue weighted by Crippen LogP contribution is -1.99. The third-order valence-corrected chi connectivity index (χ3v) is 18.1. The van der Waals surface area contributed by atoms with Gasteiger partial charge >= 0.3 is 0 Å². The first kappa shape index (κ1) is 45.4. The van der Waals surface area contributed by atoms with Crippen LogP contribution in [0.15, 0.2) is 291 Å². The molecule has 0 aliphatic heterocycles. The van der Waals surface area contributed by atoms with Gasteiger partial charge in [-0.2, -0.15) is 0 Å². The summed E-state index contributed by atoms with van der Waals surface area (Å²) in [5, 5.41) is 14.5. The Morgan fingerprint density at radius 3 is 0.631 bits per heavy atom. The molecule has 6 aromatic heterocycles. The van der Waals surface area contributed by atoms with Gasteiger partial charge in [-0.1, -0.05) is 182 Å². The molecular weight excluding hydrogens is 1020 g/mol. The molecule has 13 aromatic carbocycles. The second-order valence-electron chi connectivity index (χ2n) is 22.4. The number of para-hydroxylation sites is 9. The van der Waals surface area contributed by atoms with E-state index in [1.54, 1.807) is 0 Å². The summed E-state index contributed by atoms with van der Waals surface area (Å²) in [6, 6.07) is 108. The van der Waals surface area contributed by atoms with Crippen molar-refractivity contribution >= 4 is 131 Å². The number of rotatable bonds is 6. The lowest BCUT2D eigenvalue weighted by Gasteiger charge is -2.15. The highest BCUT2D eigenvalue weighted by Gasteiger charge is 2.30. The van der Waals surface area contributed by atoms with E-state index in [0.29, 0.717) is 0 Å². The topological polar surface area (TPSA) is 29.6 Å². The fourth-order valence-corrected chi connectivity index (χ4v) is 14.8. The summed E-state index contributed by atoms with van der Waals surface area (Å²) < 4.78 is 15.1. The molecular formula is C78H48N6. The van der Waals surface area contributed by atoms with Crippen molar-refractivity contribution in [3.8, 4) is 34.1 Å². The third-order valence-electron chi connectivity index (χ3n) is 18.1. The maximum absolute atomic E-state index is 2.59. The van der Waals surface area contributed by atoms with Gasteiger partial charge in [0, 0.05) is 98.8 Å². The van der Waals surface area contributed by atoms with Gasteiger partial charge in [0.05, 0.1) is 66.2 Å². The van der Waals surface area contributed by atoms with Crippen LogP contribution in [-0.2, 0) is 0 Å². The van der Waals surface area contributed by atoms with Crippen LogP contribution in [0.5, 0.6) is 0 Å². The smallest absolute Gasteiger partial charge is 0.0663 e. The Balaban J connectivity index is 1.02. The molecule has 6 nitrogen and oxygen atoms in total. The van der Waals surface area contributed by atoms with Crippen LogP contribution < -0.4 is 0 Å². The second kappa shape index (κ2) is 17.1. The standard InChI is InChI=1S/C78H48N6/c1-4-22-49(23-5-1)79-64-34-16-10-28-55(64)58-43-40-52(46-70(58)79)82-67-37-19-13-31-61(67)73-76(82)74-62-32-14-20-38-68(62)83(53-41-44-59-56-29-11-17-35-65(56)80(71(59)47-53)50-24-6-2-7-25-50)78(74)75-63-33-15-21-39-69(63)84(77(73)75)54-42-45-60-57-30-12-18-36-66(57)81(72(60)48-54)51-26-8-3-9-27-51/h1-48H. The molecule has 6 heterocycles. The number of hydrogen-bond acceptors (Lipinski definition) is 0. The van der Waals surface area contributed by atoms with E-state index in [1.807, 2.05) is 0 Å². The summed E-state index contributed by atoms with van der Waals surface area (Å²) in [7, 11) is 0. The molecule has 0 fully saturated rings. The highest BCUT2D eigenvalue weighted by Crippen LogP contribution is 2.51. The molecule has 19 rings (SSSR count). The van der Waals surface area contributed by atoms with Crippen molar-refractivity contribution in [3.63, 3.8) is 0 Å². The van der Waals surface area contributed by atoms with E-state index in [2.05, 4.69) is 319 Å². The molecule has 84 heavy (non-hydrogen) atoms. The van der Waals surface area contributed by atoms with Crippen LogP contribution in [0.2, 0.25) is 0 Å². The van der Waals surface area contributed by atoms with E-state index in [0.717, 1.165) is 67.2 Å². The quantitative estimate of drug-likeness (QED) is 0.159. The van der Waals surface area contributed by atoms with Gasteiger partial charge in [-0.25, -0.2) is 0 Å². The van der Waals surface area contributed by atoms with Crippen LogP contribution in [-0.4, -0.2) is 27.4 Å². The van der Waals surface area contributed by atoms with Crippen LogP contribution in [0.3, 0.4) is 0 Å². The summed E-state index contributed by atoms with van der Waals surface area (Å²) in [6.07, 6.45) is 0. The molecule has 0 bridgehead atoms. The Morgan fingerprint density at radius 1 is 0.143 bits per heavy atom. The average Bonchev–Trinajstić information content (AvgIpc) is 1.70. The molecule has 0 amide bonds. The van der Waals surface area contributed by atoms with Crippen LogP contribution in [0.25, 0.3) is 165 Å². The van der Waals surface area contributed by atoms with Crippen LogP contribution in [0.1, 0.15) is 0 Å². The van der Waals surface area contributed by atoms with E-state index >= 15 is 0 Å². The fourth-order valence-electron chi connectivity index (χ4n) is 14.8. The predicted octanol–water partition coefficient (Wildman–Crippen LogP) is 20.3. The molecule has 0 saturated heterocycles. The van der Waals surface area contributed by atoms with Crippen molar-refractivity contribution in [2.75, 3.05) is 0 Å². The first-order chi connectivity index (χ1) is 41.7. The predicted molar refractivity (Wildman–Crippen MR) is 352 cm³/mol. The number of fused-ring (bicyclic) bond motifs is 21. The van der Waals surface area contributed by atoms with Crippen molar-refractivity contribution in [1.29, 1.82) is 0 Å². The van der Waals surface area contributed by atoms with Gasteiger partial charge in [0.25, 0.3) is 0 Å². The van der Waals surface area contributed by atoms with Gasteiger partial charge in [0.2, 0.25) is 0 Å². The summed E-state index contributed by atoms with van der Waals surface area (Å²) in [5.41, 5.74) is 20.6. The Labute approximate surface area is 480 Å². The Morgan fingerprint density at radius 2 is 0.357 bits per heavy atom. The molecule has 0 radical (unpaired) electrons. The highest BCUT2D eigenvalue weighted by molar-refractivity contribution is 6.40. The van der Waals surface area contributed by atoms with Crippen molar-refractivity contribution in [2.45, 2.75) is 0 Å². The summed E-state index contributed by atoms with van der Waals surface area (Å²) in [6.45, 7) is 0. The zero-order valence-electron chi connectivity index (χ0n) is 45.4. The monoisotopic (exact) mass is 1070 g/mol. The van der Waals surface area contributed by atoms with Gasteiger partial charge in [0.1, 0.15) is 0 Å². The van der Waals surface area contributed by atoms with E-state index in [-0.39, 0.29) is 0 Å². The Hall–Kier alpha value is -11.3. The summed E-state index contributed by atoms with van der Waals surface area (Å²) >= 11 is 0. The molecule has 0 spiro atoms. The first-order valence-electron chi connectivity index (χ1n) is 28.9. The molecule has 6 heteroatoms. The third kappa shape index (κ3) is 6.07. The van der Waals surface area contributed by atoms with E-state index in [1.165, 1.54) is 97.7 Å². The summed E-state index contributed by atoms with van der Waals surface area (Å²) in [5.74, 6) is 0. The van der Waals surface area contributed by atoms with E-state index in [4.69, 9.17) is 0 Å². The highest BCUT2D eigenvalue weighted by atomic mass is 15.1. The maximum Gasteiger partial charge on any atom is 0.0663 e. The minimum Gasteiger partial charge on any atom is -0.309 e. The lowest BCUT2D eigenvalue weighted by molar-refractivity contribution is 1.15. The fraction of sp³-hybridized carbons (Fsp3) is 0. The SMILES string of the molecule is c1ccc(-n2c3ccccc3c3ccc(-n4c5ccccc5c5c4c4c6ccccc6n(-c6ccc7c8ccccc8n(-c8ccccc8)c7c6)c4c4c6ccccc6n(-c6ccc7c8ccccc8n(-c8ccccc8)c7c6)c54)cc32)cc1. The Bertz CT molecular complexity index is 5350. The van der Waals surface area contributed by atoms with Gasteiger partial charge in [-0.15, -0.1) is 0 Å². The zero-order valence-corrected chi connectivity index (χ0v) is 45.4. The number of nitrogens with zero attached hydrogens (tertiary/aromatic N) is 6. The van der Waals surface area contributed by atoms with Crippen molar-refractivity contribution < 1.29 is 0 Å². The molecule has 0 aliphatic rings. The van der Waals surface area contributed by atoms with Crippen LogP contribution >= 0.6 is 0 Å². The van der Waals surface area contributed by atoms with Crippen LogP contribution in [0.4, 0.5) is 0 Å². The van der Waals surface area contributed by atoms with Crippen molar-refractivity contribution in [1.82, 2.24) is 27.4 Å². The molecule has 0 saturated carbocycles. The normalized spacial score (nSPS) is 12.3. The largest absolute Gasteiger partial charge is 0.309 e. The zero-order chi connectivity index (χ0) is 54.7. The van der Waals surface area contributed by atoms with Gasteiger partial charge in [-0.3, -0.25) is 0 Å². The van der Waals surface area contributed by atoms with Gasteiger partial charge < -0.3 is 27.4 Å². The molecule has 0 aliphatic carbocycles. The number of hydrogen-bond donors (Lipinski definition) is 0. The lowest BCUT2D eigenvalue weighted by atomic mass is 10.0. The van der Waals surface area contributed by atoms with Crippen LogP contribution in [0, 0.1) is 0 Å². The molecule has 0 atom stereocenters. The molecule has 19 aromatic rings. The first-order valence-corrected chi connectivity index (χ1v) is 28.9. The molecule has 390 valence electrons. The Kier molecular flexibility index (Phi) is 9.24. The van der Waals surface area contributed by atoms with Gasteiger partial charge in [0.15, 0.2) is 0 Å². The van der Waals surface area contributed by atoms with E-state index < -0.39 is 0 Å². The number of benzene rings is 13. The number of aromatic nitrogens is 6. The van der Waals surface area contributed by atoms with E-state index in [9.17, 15) is 0 Å².